The molecule has 142 valence electrons. The minimum Gasteiger partial charge on any atom is -0.344 e. The molecule has 0 aromatic heterocycles. The van der Waals surface area contributed by atoms with E-state index in [0.29, 0.717) is 6.42 Å². The van der Waals surface area contributed by atoms with E-state index in [-0.39, 0.29) is 12.5 Å². The van der Waals surface area contributed by atoms with Gasteiger partial charge in [0, 0.05) is 12.3 Å². The number of carbonyl (C=O) groups is 3. The van der Waals surface area contributed by atoms with Crippen molar-refractivity contribution in [3.05, 3.63) is 77.9 Å². The predicted octanol–water partition coefficient (Wildman–Crippen LogP) is 1.96. The first-order valence-corrected chi connectivity index (χ1v) is 8.83. The third-order valence-corrected chi connectivity index (χ3v) is 4.01. The van der Waals surface area contributed by atoms with Crippen LogP contribution < -0.4 is 10.6 Å². The molecule has 1 unspecified atom stereocenters. The number of imide groups is 1. The monoisotopic (exact) mass is 376 g/mol. The molecule has 0 spiro atoms. The molecule has 2 aromatic carbocycles. The Kier molecular flexibility index (Phi) is 6.30. The van der Waals surface area contributed by atoms with E-state index in [4.69, 9.17) is 0 Å². The summed E-state index contributed by atoms with van der Waals surface area (Å²) in [5, 5.41) is 10.1. The van der Waals surface area contributed by atoms with E-state index in [1.165, 1.54) is 12.3 Å². The molecule has 28 heavy (non-hydrogen) atoms. The molecule has 7 heteroatoms. The molecular formula is C21H20N4O3. The molecule has 2 aromatic rings. The lowest BCUT2D eigenvalue weighted by molar-refractivity contribution is -0.118. The van der Waals surface area contributed by atoms with E-state index < -0.39 is 18.0 Å². The fourth-order valence-electron chi connectivity index (χ4n) is 2.66. The molecule has 0 bridgehead atoms. The molecule has 1 aliphatic rings. The van der Waals surface area contributed by atoms with Gasteiger partial charge in [-0.15, -0.1) is 0 Å². The lowest BCUT2D eigenvalue weighted by atomic mass is 10.1. The smallest absolute Gasteiger partial charge is 0.344 e. The number of amides is 4. The number of hydrazone groups is 1. The van der Waals surface area contributed by atoms with Gasteiger partial charge in [-0.1, -0.05) is 60.7 Å². The number of hydrogen-bond acceptors (Lipinski definition) is 4. The van der Waals surface area contributed by atoms with Gasteiger partial charge in [0.15, 0.2) is 0 Å². The summed E-state index contributed by atoms with van der Waals surface area (Å²) in [4.78, 5) is 35.2. The fraction of sp³-hybridized carbons (Fsp3) is 0.143. The topological polar surface area (TPSA) is 90.9 Å². The van der Waals surface area contributed by atoms with Crippen LogP contribution in [0, 0.1) is 0 Å². The molecule has 1 fully saturated rings. The minimum absolute atomic E-state index is 0.130. The zero-order chi connectivity index (χ0) is 19.8. The van der Waals surface area contributed by atoms with Crippen LogP contribution in [0.1, 0.15) is 11.1 Å². The first kappa shape index (κ1) is 19.0. The molecule has 1 heterocycles. The first-order valence-electron chi connectivity index (χ1n) is 8.83. The lowest BCUT2D eigenvalue weighted by Crippen LogP contribution is -2.37. The highest BCUT2D eigenvalue weighted by Crippen LogP contribution is 2.05. The molecule has 1 saturated heterocycles. The maximum atomic E-state index is 12.3. The number of hydrogen-bond donors (Lipinski definition) is 2. The van der Waals surface area contributed by atoms with E-state index in [9.17, 15) is 14.4 Å². The summed E-state index contributed by atoms with van der Waals surface area (Å²) in [7, 11) is 0. The molecule has 7 nitrogen and oxygen atoms in total. The van der Waals surface area contributed by atoms with Crippen LogP contribution in [0.3, 0.4) is 0 Å². The largest absolute Gasteiger partial charge is 0.344 e. The van der Waals surface area contributed by atoms with Gasteiger partial charge in [0.2, 0.25) is 11.8 Å². The molecule has 3 rings (SSSR count). The second-order valence-electron chi connectivity index (χ2n) is 6.22. The van der Waals surface area contributed by atoms with Crippen LogP contribution >= 0.6 is 0 Å². The van der Waals surface area contributed by atoms with Crippen LogP contribution in [0.2, 0.25) is 0 Å². The van der Waals surface area contributed by atoms with Crippen molar-refractivity contribution in [1.82, 2.24) is 15.6 Å². The Bertz CT molecular complexity index is 894. The summed E-state index contributed by atoms with van der Waals surface area (Å²) in [6.07, 6.45) is 5.14. The predicted molar refractivity (Wildman–Crippen MR) is 106 cm³/mol. The molecule has 0 saturated carbocycles. The van der Waals surface area contributed by atoms with Crippen LogP contribution in [-0.2, 0) is 16.0 Å². The SMILES string of the molecule is O=C(C=Cc1ccccc1)NC(C=NN1CC(=O)NC1=O)Cc1ccccc1. The lowest BCUT2D eigenvalue weighted by Gasteiger charge is -2.15. The fourth-order valence-corrected chi connectivity index (χ4v) is 2.66. The van der Waals surface area contributed by atoms with E-state index in [0.717, 1.165) is 16.1 Å². The van der Waals surface area contributed by atoms with Crippen molar-refractivity contribution in [1.29, 1.82) is 0 Å². The van der Waals surface area contributed by atoms with Gasteiger partial charge in [-0.2, -0.15) is 5.10 Å². The molecule has 0 aliphatic carbocycles. The number of benzene rings is 2. The van der Waals surface area contributed by atoms with E-state index in [1.54, 1.807) is 6.08 Å². The summed E-state index contributed by atoms with van der Waals surface area (Å²) < 4.78 is 0. The second kappa shape index (κ2) is 9.27. The average Bonchev–Trinajstić information content (AvgIpc) is 3.03. The normalized spacial score (nSPS) is 15.2. The minimum atomic E-state index is -0.574. The molecule has 1 atom stereocenters. The number of carbonyl (C=O) groups excluding carboxylic acids is 3. The van der Waals surface area contributed by atoms with Crippen molar-refractivity contribution in [2.45, 2.75) is 12.5 Å². The molecule has 1 aliphatic heterocycles. The van der Waals surface area contributed by atoms with Gasteiger partial charge >= 0.3 is 6.03 Å². The third-order valence-electron chi connectivity index (χ3n) is 4.01. The summed E-state index contributed by atoms with van der Waals surface area (Å²) in [6.45, 7) is -0.130. The summed E-state index contributed by atoms with van der Waals surface area (Å²) in [5.74, 6) is -0.685. The number of nitrogens with one attached hydrogen (secondary N) is 2. The third kappa shape index (κ3) is 5.63. The Balaban J connectivity index is 1.68. The highest BCUT2D eigenvalue weighted by atomic mass is 16.2. The van der Waals surface area contributed by atoms with Gasteiger partial charge in [0.1, 0.15) is 6.54 Å². The second-order valence-corrected chi connectivity index (χ2v) is 6.22. The molecule has 4 amide bonds. The van der Waals surface area contributed by atoms with Crippen molar-refractivity contribution < 1.29 is 14.4 Å². The maximum Gasteiger partial charge on any atom is 0.344 e. The first-order chi connectivity index (χ1) is 13.6. The van der Waals surface area contributed by atoms with Gasteiger partial charge in [0.25, 0.3) is 0 Å². The standard InChI is InChI=1S/C21H20N4O3/c26-19(12-11-16-7-3-1-4-8-16)23-18(13-17-9-5-2-6-10-17)14-22-25-15-20(27)24-21(25)28/h1-12,14,18H,13,15H2,(H,23,26)(H,24,27,28). The highest BCUT2D eigenvalue weighted by molar-refractivity contribution is 6.02. The van der Waals surface area contributed by atoms with Crippen molar-refractivity contribution >= 4 is 30.1 Å². The van der Waals surface area contributed by atoms with E-state index in [2.05, 4.69) is 15.7 Å². The van der Waals surface area contributed by atoms with Gasteiger partial charge in [-0.3, -0.25) is 14.9 Å². The summed E-state index contributed by atoms with van der Waals surface area (Å²) in [5.41, 5.74) is 1.92. The number of urea groups is 1. The Morgan fingerprint density at radius 3 is 2.43 bits per heavy atom. The molecular weight excluding hydrogens is 356 g/mol. The van der Waals surface area contributed by atoms with Crippen LogP contribution in [-0.4, -0.2) is 41.7 Å². The summed E-state index contributed by atoms with van der Waals surface area (Å²) in [6, 6.07) is 18.1. The van der Waals surface area contributed by atoms with E-state index in [1.807, 2.05) is 60.7 Å². The Morgan fingerprint density at radius 1 is 1.11 bits per heavy atom. The quantitative estimate of drug-likeness (QED) is 0.440. The Labute approximate surface area is 162 Å². The van der Waals surface area contributed by atoms with Crippen molar-refractivity contribution in [2.75, 3.05) is 6.54 Å². The maximum absolute atomic E-state index is 12.3. The highest BCUT2D eigenvalue weighted by Gasteiger charge is 2.26. The van der Waals surface area contributed by atoms with Gasteiger partial charge in [-0.25, -0.2) is 9.80 Å². The van der Waals surface area contributed by atoms with E-state index >= 15 is 0 Å². The zero-order valence-electron chi connectivity index (χ0n) is 15.1. The van der Waals surface area contributed by atoms with Gasteiger partial charge in [0.05, 0.1) is 6.04 Å². The van der Waals surface area contributed by atoms with Gasteiger partial charge < -0.3 is 5.32 Å². The van der Waals surface area contributed by atoms with Crippen LogP contribution in [0.25, 0.3) is 6.08 Å². The molecule has 0 radical (unpaired) electrons. The van der Waals surface area contributed by atoms with Crippen molar-refractivity contribution in [3.63, 3.8) is 0 Å². The summed E-state index contributed by atoms with van der Waals surface area (Å²) >= 11 is 0. The number of nitrogens with zero attached hydrogens (tertiary/aromatic N) is 2. The van der Waals surface area contributed by atoms with Crippen LogP contribution in [0.5, 0.6) is 0 Å². The van der Waals surface area contributed by atoms with Crippen LogP contribution in [0.4, 0.5) is 4.79 Å². The van der Waals surface area contributed by atoms with Crippen molar-refractivity contribution in [3.8, 4) is 0 Å². The average molecular weight is 376 g/mol. The van der Waals surface area contributed by atoms with Gasteiger partial charge in [-0.05, 0) is 23.6 Å². The zero-order valence-corrected chi connectivity index (χ0v) is 15.1. The van der Waals surface area contributed by atoms with Crippen LogP contribution in [0.15, 0.2) is 71.8 Å². The Hall–Kier alpha value is -3.74. The van der Waals surface area contributed by atoms with Crippen molar-refractivity contribution in [2.24, 2.45) is 5.10 Å². The molecule has 2 N–H and O–H groups in total. The Morgan fingerprint density at radius 2 is 1.79 bits per heavy atom. The number of rotatable bonds is 7.